The highest BCUT2D eigenvalue weighted by Crippen LogP contribution is 2.26. The Bertz CT molecular complexity index is 497. The van der Waals surface area contributed by atoms with Crippen LogP contribution < -0.4 is 10.2 Å². The van der Waals surface area contributed by atoms with E-state index < -0.39 is 0 Å². The normalized spacial score (nSPS) is 19.9. The number of hydrogen-bond donors (Lipinski definition) is 2. The molecule has 3 rings (SSSR count). The number of aromatic amines is 1. The molecule has 1 unspecified atom stereocenters. The molecule has 0 spiro atoms. The van der Waals surface area contributed by atoms with Crippen LogP contribution in [0.25, 0.3) is 10.9 Å². The average molecular weight is 229 g/mol. The Hall–Kier alpha value is -1.48. The third-order valence-electron chi connectivity index (χ3n) is 3.67. The van der Waals surface area contributed by atoms with Crippen LogP contribution in [0.3, 0.4) is 0 Å². The van der Waals surface area contributed by atoms with Crippen molar-refractivity contribution in [1.82, 2.24) is 10.3 Å². The lowest BCUT2D eigenvalue weighted by Crippen LogP contribution is -2.26. The summed E-state index contributed by atoms with van der Waals surface area (Å²) < 4.78 is 0. The molecule has 1 aliphatic heterocycles. The van der Waals surface area contributed by atoms with Gasteiger partial charge in [-0.1, -0.05) is 18.2 Å². The Kier molecular flexibility index (Phi) is 2.77. The molecule has 0 amide bonds. The van der Waals surface area contributed by atoms with Crippen LogP contribution in [-0.4, -0.2) is 31.7 Å². The van der Waals surface area contributed by atoms with Crippen LogP contribution in [0.5, 0.6) is 0 Å². The molecule has 1 aromatic carbocycles. The lowest BCUT2D eigenvalue weighted by atomic mass is 10.1. The molecular weight excluding hydrogens is 210 g/mol. The number of anilines is 1. The lowest BCUT2D eigenvalue weighted by Gasteiger charge is -2.21. The van der Waals surface area contributed by atoms with Crippen molar-refractivity contribution in [3.05, 3.63) is 30.5 Å². The SMILES string of the molecule is CN(CC1CCNC1)c1c[nH]c2ccccc12. The van der Waals surface area contributed by atoms with Crippen molar-refractivity contribution in [3.63, 3.8) is 0 Å². The van der Waals surface area contributed by atoms with Gasteiger partial charge in [-0.2, -0.15) is 0 Å². The van der Waals surface area contributed by atoms with E-state index in [0.29, 0.717) is 0 Å². The summed E-state index contributed by atoms with van der Waals surface area (Å²) in [5.74, 6) is 0.786. The van der Waals surface area contributed by atoms with Crippen molar-refractivity contribution in [1.29, 1.82) is 0 Å². The molecule has 90 valence electrons. The van der Waals surface area contributed by atoms with Gasteiger partial charge in [-0.3, -0.25) is 0 Å². The van der Waals surface area contributed by atoms with Crippen LogP contribution in [-0.2, 0) is 0 Å². The largest absolute Gasteiger partial charge is 0.373 e. The van der Waals surface area contributed by atoms with Crippen LogP contribution in [0.1, 0.15) is 6.42 Å². The zero-order valence-electron chi connectivity index (χ0n) is 10.2. The van der Waals surface area contributed by atoms with Gasteiger partial charge in [0.2, 0.25) is 0 Å². The number of fused-ring (bicyclic) bond motifs is 1. The number of aromatic nitrogens is 1. The first kappa shape index (κ1) is 10.7. The van der Waals surface area contributed by atoms with Crippen molar-refractivity contribution in [2.45, 2.75) is 6.42 Å². The molecule has 1 atom stereocenters. The molecule has 1 aliphatic rings. The van der Waals surface area contributed by atoms with Crippen LogP contribution in [0.4, 0.5) is 5.69 Å². The maximum atomic E-state index is 3.43. The standard InChI is InChI=1S/C14H19N3/c1-17(10-11-6-7-15-8-11)14-9-16-13-5-3-2-4-12(13)14/h2-5,9,11,15-16H,6-8,10H2,1H3. The first-order valence-electron chi connectivity index (χ1n) is 6.32. The second kappa shape index (κ2) is 4.41. The Morgan fingerprint density at radius 2 is 2.24 bits per heavy atom. The predicted molar refractivity (Wildman–Crippen MR) is 72.5 cm³/mol. The van der Waals surface area contributed by atoms with Gasteiger partial charge in [-0.15, -0.1) is 0 Å². The second-order valence-corrected chi connectivity index (χ2v) is 4.96. The van der Waals surface area contributed by atoms with Crippen molar-refractivity contribution >= 4 is 16.6 Å². The molecule has 0 aliphatic carbocycles. The molecule has 0 saturated carbocycles. The molecule has 2 aromatic rings. The Balaban J connectivity index is 1.82. The highest BCUT2D eigenvalue weighted by atomic mass is 15.1. The average Bonchev–Trinajstić information content (AvgIpc) is 2.96. The number of para-hydroxylation sites is 1. The predicted octanol–water partition coefficient (Wildman–Crippen LogP) is 2.21. The first-order valence-corrected chi connectivity index (χ1v) is 6.32. The summed E-state index contributed by atoms with van der Waals surface area (Å²) in [4.78, 5) is 5.71. The summed E-state index contributed by atoms with van der Waals surface area (Å²) >= 11 is 0. The van der Waals surface area contributed by atoms with Crippen LogP contribution >= 0.6 is 0 Å². The maximum absolute atomic E-state index is 3.43. The van der Waals surface area contributed by atoms with Gasteiger partial charge in [-0.25, -0.2) is 0 Å². The fourth-order valence-electron chi connectivity index (χ4n) is 2.73. The topological polar surface area (TPSA) is 31.1 Å². The van der Waals surface area contributed by atoms with E-state index in [4.69, 9.17) is 0 Å². The minimum Gasteiger partial charge on any atom is -0.373 e. The summed E-state index contributed by atoms with van der Waals surface area (Å²) in [6.45, 7) is 3.47. The second-order valence-electron chi connectivity index (χ2n) is 4.96. The Morgan fingerprint density at radius 3 is 3.06 bits per heavy atom. The fourth-order valence-corrected chi connectivity index (χ4v) is 2.73. The highest BCUT2D eigenvalue weighted by molar-refractivity contribution is 5.92. The van der Waals surface area contributed by atoms with E-state index in [-0.39, 0.29) is 0 Å². The summed E-state index contributed by atoms with van der Waals surface area (Å²) in [6.07, 6.45) is 3.42. The number of benzene rings is 1. The smallest absolute Gasteiger partial charge is 0.0621 e. The number of rotatable bonds is 3. The van der Waals surface area contributed by atoms with Gasteiger partial charge in [0.15, 0.2) is 0 Å². The molecule has 1 fully saturated rings. The number of hydrogen-bond acceptors (Lipinski definition) is 2. The summed E-state index contributed by atoms with van der Waals surface area (Å²) in [6, 6.07) is 8.49. The van der Waals surface area contributed by atoms with E-state index >= 15 is 0 Å². The molecule has 0 bridgehead atoms. The Morgan fingerprint density at radius 1 is 1.35 bits per heavy atom. The lowest BCUT2D eigenvalue weighted by molar-refractivity contribution is 0.579. The minimum atomic E-state index is 0.786. The monoisotopic (exact) mass is 229 g/mol. The Labute approximate surface area is 102 Å². The third-order valence-corrected chi connectivity index (χ3v) is 3.67. The molecular formula is C14H19N3. The summed E-state index contributed by atoms with van der Waals surface area (Å²) in [5, 5.41) is 4.75. The molecule has 0 radical (unpaired) electrons. The molecule has 3 heteroatoms. The molecule has 2 heterocycles. The fraction of sp³-hybridized carbons (Fsp3) is 0.429. The maximum Gasteiger partial charge on any atom is 0.0621 e. The van der Waals surface area contributed by atoms with Crippen LogP contribution in [0, 0.1) is 5.92 Å². The van der Waals surface area contributed by atoms with Crippen LogP contribution in [0.2, 0.25) is 0 Å². The summed E-state index contributed by atoms with van der Waals surface area (Å²) in [5.41, 5.74) is 2.53. The first-order chi connectivity index (χ1) is 8.34. The van der Waals surface area contributed by atoms with Crippen molar-refractivity contribution in [2.24, 2.45) is 5.92 Å². The number of H-pyrrole nitrogens is 1. The van der Waals surface area contributed by atoms with Gasteiger partial charge in [0, 0.05) is 30.7 Å². The molecule has 1 saturated heterocycles. The highest BCUT2D eigenvalue weighted by Gasteiger charge is 2.17. The molecule has 2 N–H and O–H groups in total. The molecule has 3 nitrogen and oxygen atoms in total. The van der Waals surface area contributed by atoms with E-state index in [1.807, 2.05) is 0 Å². The zero-order valence-corrected chi connectivity index (χ0v) is 10.2. The van der Waals surface area contributed by atoms with E-state index in [9.17, 15) is 0 Å². The number of nitrogens with zero attached hydrogens (tertiary/aromatic N) is 1. The van der Waals surface area contributed by atoms with Crippen LogP contribution in [0.15, 0.2) is 30.5 Å². The quantitative estimate of drug-likeness (QED) is 0.845. The minimum absolute atomic E-state index is 0.786. The van der Waals surface area contributed by atoms with Gasteiger partial charge in [0.05, 0.1) is 5.69 Å². The van der Waals surface area contributed by atoms with Gasteiger partial charge in [0.25, 0.3) is 0 Å². The van der Waals surface area contributed by atoms with Gasteiger partial charge < -0.3 is 15.2 Å². The third kappa shape index (κ3) is 2.03. The molecule has 1 aromatic heterocycles. The van der Waals surface area contributed by atoms with E-state index in [1.165, 1.54) is 29.6 Å². The zero-order chi connectivity index (χ0) is 11.7. The van der Waals surface area contributed by atoms with Gasteiger partial charge in [0.1, 0.15) is 0 Å². The van der Waals surface area contributed by atoms with E-state index in [1.54, 1.807) is 0 Å². The van der Waals surface area contributed by atoms with E-state index in [2.05, 4.69) is 52.7 Å². The molecule has 17 heavy (non-hydrogen) atoms. The van der Waals surface area contributed by atoms with Crippen molar-refractivity contribution in [3.8, 4) is 0 Å². The van der Waals surface area contributed by atoms with Gasteiger partial charge >= 0.3 is 0 Å². The van der Waals surface area contributed by atoms with Gasteiger partial charge in [-0.05, 0) is 31.5 Å². The van der Waals surface area contributed by atoms with E-state index in [0.717, 1.165) is 19.0 Å². The van der Waals surface area contributed by atoms with Crippen molar-refractivity contribution < 1.29 is 0 Å². The van der Waals surface area contributed by atoms with Crippen molar-refractivity contribution in [2.75, 3.05) is 31.6 Å². The summed E-state index contributed by atoms with van der Waals surface area (Å²) in [7, 11) is 2.19. The number of nitrogens with one attached hydrogen (secondary N) is 2.